The van der Waals surface area contributed by atoms with Crippen LogP contribution >= 0.6 is 0 Å². The Morgan fingerprint density at radius 1 is 1.04 bits per heavy atom. The number of para-hydroxylation sites is 2. The molecule has 0 saturated carbocycles. The van der Waals surface area contributed by atoms with Crippen LogP contribution in [0.2, 0.25) is 0 Å². The largest absolute Gasteiger partial charge is 0.490 e. The smallest absolute Gasteiger partial charge is 0.258 e. The fourth-order valence-electron chi connectivity index (χ4n) is 2.56. The van der Waals surface area contributed by atoms with Gasteiger partial charge in [-0.2, -0.15) is 5.10 Å². The van der Waals surface area contributed by atoms with E-state index in [0.29, 0.717) is 31.2 Å². The summed E-state index contributed by atoms with van der Waals surface area (Å²) in [5.74, 6) is 1.04. The van der Waals surface area contributed by atoms with Gasteiger partial charge in [0.15, 0.2) is 18.1 Å². The summed E-state index contributed by atoms with van der Waals surface area (Å²) in [6.45, 7) is 3.70. The molecule has 0 aliphatic heterocycles. The molecule has 0 saturated heterocycles. The molecule has 3 rings (SSSR count). The van der Waals surface area contributed by atoms with Crippen LogP contribution in [0.3, 0.4) is 0 Å². The monoisotopic (exact) mass is 380 g/mol. The average molecular weight is 380 g/mol. The summed E-state index contributed by atoms with van der Waals surface area (Å²) < 4.78 is 13.0. The number of aromatic nitrogens is 3. The van der Waals surface area contributed by atoms with Gasteiger partial charge in [-0.3, -0.25) is 4.79 Å². The predicted octanol–water partition coefficient (Wildman–Crippen LogP) is 2.81. The summed E-state index contributed by atoms with van der Waals surface area (Å²) in [4.78, 5) is 16.0. The molecule has 1 N–H and O–H groups in total. The maximum absolute atomic E-state index is 12.1. The normalized spacial score (nSPS) is 10.5. The number of carbonyl (C=O) groups is 1. The number of amides is 1. The molecular weight excluding hydrogens is 356 g/mol. The van der Waals surface area contributed by atoms with Crippen molar-refractivity contribution in [3.8, 4) is 11.5 Å². The van der Waals surface area contributed by atoms with E-state index in [1.54, 1.807) is 17.1 Å². The van der Waals surface area contributed by atoms with Crippen molar-refractivity contribution in [1.29, 1.82) is 0 Å². The fraction of sp³-hybridized carbons (Fsp3) is 0.286. The Balaban J connectivity index is 1.44. The van der Waals surface area contributed by atoms with Crippen molar-refractivity contribution < 1.29 is 14.3 Å². The van der Waals surface area contributed by atoms with E-state index in [1.165, 1.54) is 6.33 Å². The van der Waals surface area contributed by atoms with Crippen LogP contribution in [0.4, 0.5) is 0 Å². The number of hydrogen-bond donors (Lipinski definition) is 1. The van der Waals surface area contributed by atoms with Crippen LogP contribution in [0.25, 0.3) is 0 Å². The molecule has 3 aromatic rings. The summed E-state index contributed by atoms with van der Waals surface area (Å²) >= 11 is 0. The molecule has 2 aromatic carbocycles. The SMILES string of the molecule is CCCOc1ccccc1OCC(=O)NCc1ccc(Cn2cncn2)cc1. The maximum Gasteiger partial charge on any atom is 0.258 e. The van der Waals surface area contributed by atoms with E-state index in [-0.39, 0.29) is 12.5 Å². The third kappa shape index (κ3) is 5.84. The molecule has 0 fully saturated rings. The van der Waals surface area contributed by atoms with E-state index in [9.17, 15) is 4.79 Å². The first kappa shape index (κ1) is 19.4. The zero-order valence-electron chi connectivity index (χ0n) is 15.9. The Morgan fingerprint density at radius 3 is 2.43 bits per heavy atom. The highest BCUT2D eigenvalue weighted by Gasteiger charge is 2.07. The zero-order valence-corrected chi connectivity index (χ0v) is 15.9. The van der Waals surface area contributed by atoms with Crippen molar-refractivity contribution in [2.75, 3.05) is 13.2 Å². The Bertz CT molecular complexity index is 864. The molecule has 146 valence electrons. The van der Waals surface area contributed by atoms with Crippen molar-refractivity contribution in [3.05, 3.63) is 72.3 Å². The standard InChI is InChI=1S/C21H24N4O3/c1-2-11-27-19-5-3-4-6-20(19)28-14-21(26)23-12-17-7-9-18(10-8-17)13-25-16-22-15-24-25/h3-10,15-16H,2,11-14H2,1H3,(H,23,26). The van der Waals surface area contributed by atoms with Gasteiger partial charge in [-0.15, -0.1) is 0 Å². The highest BCUT2D eigenvalue weighted by atomic mass is 16.5. The minimum atomic E-state index is -0.183. The van der Waals surface area contributed by atoms with Gasteiger partial charge in [0.05, 0.1) is 13.2 Å². The summed E-state index contributed by atoms with van der Waals surface area (Å²) in [5.41, 5.74) is 2.13. The van der Waals surface area contributed by atoms with Crippen molar-refractivity contribution >= 4 is 5.91 Å². The summed E-state index contributed by atoms with van der Waals surface area (Å²) in [5, 5.41) is 6.95. The molecule has 28 heavy (non-hydrogen) atoms. The molecule has 1 aromatic heterocycles. The number of ether oxygens (including phenoxy) is 2. The average Bonchev–Trinajstić information content (AvgIpc) is 3.24. The van der Waals surface area contributed by atoms with Gasteiger partial charge in [-0.1, -0.05) is 43.3 Å². The van der Waals surface area contributed by atoms with Gasteiger partial charge in [0.2, 0.25) is 0 Å². The number of carbonyl (C=O) groups excluding carboxylic acids is 1. The molecule has 1 heterocycles. The second-order valence-corrected chi connectivity index (χ2v) is 6.27. The maximum atomic E-state index is 12.1. The minimum Gasteiger partial charge on any atom is -0.490 e. The van der Waals surface area contributed by atoms with Crippen molar-refractivity contribution in [1.82, 2.24) is 20.1 Å². The Morgan fingerprint density at radius 2 is 1.75 bits per heavy atom. The first-order valence-electron chi connectivity index (χ1n) is 9.26. The van der Waals surface area contributed by atoms with E-state index < -0.39 is 0 Å². The molecule has 0 aliphatic rings. The topological polar surface area (TPSA) is 78.3 Å². The fourth-order valence-corrected chi connectivity index (χ4v) is 2.56. The van der Waals surface area contributed by atoms with E-state index in [0.717, 1.165) is 17.5 Å². The summed E-state index contributed by atoms with van der Waals surface area (Å²) in [6.07, 6.45) is 4.10. The van der Waals surface area contributed by atoms with Crippen LogP contribution in [0, 0.1) is 0 Å². The van der Waals surface area contributed by atoms with E-state index in [2.05, 4.69) is 15.4 Å². The number of nitrogens with zero attached hydrogens (tertiary/aromatic N) is 3. The number of rotatable bonds is 10. The first-order chi connectivity index (χ1) is 13.7. The van der Waals surface area contributed by atoms with Crippen molar-refractivity contribution in [2.45, 2.75) is 26.4 Å². The Hall–Kier alpha value is -3.35. The third-order valence-corrected chi connectivity index (χ3v) is 3.99. The summed E-state index contributed by atoms with van der Waals surface area (Å²) in [6, 6.07) is 15.4. The van der Waals surface area contributed by atoms with Gasteiger partial charge in [0.1, 0.15) is 12.7 Å². The molecule has 7 heteroatoms. The first-order valence-corrected chi connectivity index (χ1v) is 9.26. The van der Waals surface area contributed by atoms with Crippen molar-refractivity contribution in [3.63, 3.8) is 0 Å². The minimum absolute atomic E-state index is 0.0587. The van der Waals surface area contributed by atoms with Gasteiger partial charge in [0, 0.05) is 6.54 Å². The molecule has 7 nitrogen and oxygen atoms in total. The van der Waals surface area contributed by atoms with Crippen LogP contribution in [0.5, 0.6) is 11.5 Å². The zero-order chi connectivity index (χ0) is 19.6. The number of benzene rings is 2. The van der Waals surface area contributed by atoms with Crippen LogP contribution in [0.15, 0.2) is 61.2 Å². The molecule has 0 spiro atoms. The predicted molar refractivity (Wildman–Crippen MR) is 105 cm³/mol. The van der Waals surface area contributed by atoms with Crippen LogP contribution in [-0.4, -0.2) is 33.9 Å². The van der Waals surface area contributed by atoms with Gasteiger partial charge in [-0.05, 0) is 29.7 Å². The van der Waals surface area contributed by atoms with Gasteiger partial charge in [0.25, 0.3) is 5.91 Å². The molecule has 0 aliphatic carbocycles. The highest BCUT2D eigenvalue weighted by molar-refractivity contribution is 5.77. The lowest BCUT2D eigenvalue weighted by Gasteiger charge is -2.12. The highest BCUT2D eigenvalue weighted by Crippen LogP contribution is 2.26. The molecule has 0 bridgehead atoms. The van der Waals surface area contributed by atoms with Gasteiger partial charge >= 0.3 is 0 Å². The lowest BCUT2D eigenvalue weighted by molar-refractivity contribution is -0.123. The molecule has 0 unspecified atom stereocenters. The van der Waals surface area contributed by atoms with Crippen LogP contribution < -0.4 is 14.8 Å². The quantitative estimate of drug-likeness (QED) is 0.585. The van der Waals surface area contributed by atoms with Gasteiger partial charge in [-0.25, -0.2) is 9.67 Å². The van der Waals surface area contributed by atoms with Crippen LogP contribution in [0.1, 0.15) is 24.5 Å². The van der Waals surface area contributed by atoms with Crippen molar-refractivity contribution in [2.24, 2.45) is 0 Å². The molecule has 1 amide bonds. The molecule has 0 atom stereocenters. The van der Waals surface area contributed by atoms with E-state index in [1.807, 2.05) is 49.4 Å². The Labute approximate surface area is 164 Å². The number of hydrogen-bond acceptors (Lipinski definition) is 5. The summed E-state index contributed by atoms with van der Waals surface area (Å²) in [7, 11) is 0. The third-order valence-electron chi connectivity index (χ3n) is 3.99. The van der Waals surface area contributed by atoms with Gasteiger partial charge < -0.3 is 14.8 Å². The Kier molecular flexibility index (Phi) is 7.01. The second kappa shape index (κ2) is 10.1. The lowest BCUT2D eigenvalue weighted by atomic mass is 10.1. The molecule has 0 radical (unpaired) electrons. The second-order valence-electron chi connectivity index (χ2n) is 6.27. The van der Waals surface area contributed by atoms with E-state index in [4.69, 9.17) is 9.47 Å². The van der Waals surface area contributed by atoms with Crippen LogP contribution in [-0.2, 0) is 17.9 Å². The molecular formula is C21H24N4O3. The lowest BCUT2D eigenvalue weighted by Crippen LogP contribution is -2.28. The number of nitrogens with one attached hydrogen (secondary N) is 1. The van der Waals surface area contributed by atoms with E-state index >= 15 is 0 Å².